The molecule has 1 saturated heterocycles. The van der Waals surface area contributed by atoms with Crippen molar-refractivity contribution in [2.75, 3.05) is 39.3 Å². The molecular formula is C22H26FN3O3. The number of nitrogens with zero attached hydrogens (tertiary/aromatic N) is 2. The fraction of sp³-hybridized carbons (Fsp3) is 0.364. The molecule has 2 amide bonds. The highest BCUT2D eigenvalue weighted by Gasteiger charge is 2.22. The van der Waals surface area contributed by atoms with Crippen LogP contribution in [0.3, 0.4) is 0 Å². The third kappa shape index (κ3) is 5.54. The summed E-state index contributed by atoms with van der Waals surface area (Å²) in [6.45, 7) is 5.22. The Morgan fingerprint density at radius 3 is 2.45 bits per heavy atom. The molecule has 0 aliphatic carbocycles. The maximum atomic E-state index is 13.8. The van der Waals surface area contributed by atoms with E-state index in [0.717, 1.165) is 0 Å². The van der Waals surface area contributed by atoms with Gasteiger partial charge in [0.25, 0.3) is 5.91 Å². The Hall–Kier alpha value is -2.93. The molecule has 0 unspecified atom stereocenters. The molecule has 0 atom stereocenters. The van der Waals surface area contributed by atoms with Crippen molar-refractivity contribution in [2.24, 2.45) is 0 Å². The van der Waals surface area contributed by atoms with Gasteiger partial charge in [-0.05, 0) is 25.1 Å². The molecule has 1 N–H and O–H groups in total. The summed E-state index contributed by atoms with van der Waals surface area (Å²) >= 11 is 0. The molecule has 1 aliphatic rings. The summed E-state index contributed by atoms with van der Waals surface area (Å²) in [7, 11) is 0. The van der Waals surface area contributed by atoms with Crippen LogP contribution in [0.4, 0.5) is 4.39 Å². The van der Waals surface area contributed by atoms with Crippen LogP contribution in [0.25, 0.3) is 0 Å². The third-order valence-corrected chi connectivity index (χ3v) is 4.91. The van der Waals surface area contributed by atoms with Crippen LogP contribution in [0.5, 0.6) is 5.75 Å². The zero-order valence-electron chi connectivity index (χ0n) is 16.6. The SMILES string of the molecule is CCOc1ccccc1C(=O)NCC(=O)N1CCN(Cc2ccccc2F)CC1. The Morgan fingerprint density at radius 2 is 1.72 bits per heavy atom. The number of carbonyl (C=O) groups is 2. The molecule has 1 heterocycles. The lowest BCUT2D eigenvalue weighted by molar-refractivity contribution is -0.131. The lowest BCUT2D eigenvalue weighted by atomic mass is 10.2. The van der Waals surface area contributed by atoms with Crippen LogP contribution in [0.1, 0.15) is 22.8 Å². The molecule has 3 rings (SSSR count). The first kappa shape index (κ1) is 20.8. The number of hydrogen-bond acceptors (Lipinski definition) is 4. The highest BCUT2D eigenvalue weighted by molar-refractivity contribution is 5.98. The average Bonchev–Trinajstić information content (AvgIpc) is 2.74. The summed E-state index contributed by atoms with van der Waals surface area (Å²) in [5.41, 5.74) is 1.07. The lowest BCUT2D eigenvalue weighted by Gasteiger charge is -2.34. The van der Waals surface area contributed by atoms with Crippen LogP contribution in [-0.4, -0.2) is 60.9 Å². The van der Waals surface area contributed by atoms with E-state index in [1.54, 1.807) is 41.3 Å². The van der Waals surface area contributed by atoms with E-state index in [4.69, 9.17) is 4.74 Å². The normalized spacial score (nSPS) is 14.5. The van der Waals surface area contributed by atoms with Crippen LogP contribution in [-0.2, 0) is 11.3 Å². The number of ether oxygens (including phenoxy) is 1. The molecule has 0 saturated carbocycles. The zero-order valence-corrected chi connectivity index (χ0v) is 16.6. The minimum absolute atomic E-state index is 0.0629. The quantitative estimate of drug-likeness (QED) is 0.776. The zero-order chi connectivity index (χ0) is 20.6. The fourth-order valence-corrected chi connectivity index (χ4v) is 3.32. The Balaban J connectivity index is 1.46. The van der Waals surface area contributed by atoms with E-state index in [9.17, 15) is 14.0 Å². The Labute approximate surface area is 170 Å². The van der Waals surface area contributed by atoms with E-state index in [0.29, 0.717) is 56.2 Å². The minimum Gasteiger partial charge on any atom is -0.493 e. The number of nitrogens with one attached hydrogen (secondary N) is 1. The van der Waals surface area contributed by atoms with E-state index >= 15 is 0 Å². The van der Waals surface area contributed by atoms with Crippen LogP contribution in [0.15, 0.2) is 48.5 Å². The molecule has 0 bridgehead atoms. The molecule has 7 heteroatoms. The van der Waals surface area contributed by atoms with Gasteiger partial charge in [0.15, 0.2) is 0 Å². The standard InChI is InChI=1S/C22H26FN3O3/c1-2-29-20-10-6-4-8-18(20)22(28)24-15-21(27)26-13-11-25(12-14-26)16-17-7-3-5-9-19(17)23/h3-10H,2,11-16H2,1H3,(H,24,28). The van der Waals surface area contributed by atoms with E-state index in [2.05, 4.69) is 10.2 Å². The summed E-state index contributed by atoms with van der Waals surface area (Å²) in [6.07, 6.45) is 0. The number of benzene rings is 2. The van der Waals surface area contributed by atoms with Gasteiger partial charge in [0.2, 0.25) is 5.91 Å². The number of amides is 2. The monoisotopic (exact) mass is 399 g/mol. The van der Waals surface area contributed by atoms with Crippen LogP contribution in [0.2, 0.25) is 0 Å². The molecule has 0 spiro atoms. The van der Waals surface area contributed by atoms with E-state index in [1.807, 2.05) is 13.0 Å². The van der Waals surface area contributed by atoms with Crippen molar-refractivity contribution in [1.29, 1.82) is 0 Å². The van der Waals surface area contributed by atoms with Crippen LogP contribution >= 0.6 is 0 Å². The predicted molar refractivity (Wildman–Crippen MR) is 108 cm³/mol. The van der Waals surface area contributed by atoms with Crippen molar-refractivity contribution in [3.8, 4) is 5.75 Å². The van der Waals surface area contributed by atoms with Gasteiger partial charge in [-0.25, -0.2) is 4.39 Å². The van der Waals surface area contributed by atoms with Gasteiger partial charge >= 0.3 is 0 Å². The molecule has 1 fully saturated rings. The number of halogens is 1. The predicted octanol–water partition coefficient (Wildman–Crippen LogP) is 2.30. The number of hydrogen-bond donors (Lipinski definition) is 1. The number of rotatable bonds is 7. The van der Waals surface area contributed by atoms with Gasteiger partial charge in [-0.2, -0.15) is 0 Å². The third-order valence-electron chi connectivity index (χ3n) is 4.91. The molecule has 1 aliphatic heterocycles. The minimum atomic E-state index is -0.333. The van der Waals surface area contributed by atoms with E-state index in [1.165, 1.54) is 6.07 Å². The van der Waals surface area contributed by atoms with Gasteiger partial charge in [-0.3, -0.25) is 14.5 Å². The van der Waals surface area contributed by atoms with Crippen LogP contribution in [0, 0.1) is 5.82 Å². The second kappa shape index (κ2) is 10.0. The summed E-state index contributed by atoms with van der Waals surface area (Å²) in [5, 5.41) is 2.68. The largest absolute Gasteiger partial charge is 0.493 e. The molecular weight excluding hydrogens is 373 g/mol. The second-order valence-electron chi connectivity index (χ2n) is 6.86. The maximum Gasteiger partial charge on any atom is 0.255 e. The lowest BCUT2D eigenvalue weighted by Crippen LogP contribution is -2.50. The molecule has 0 radical (unpaired) electrons. The van der Waals surface area contributed by atoms with Crippen molar-refractivity contribution in [2.45, 2.75) is 13.5 Å². The summed E-state index contributed by atoms with van der Waals surface area (Å²) < 4.78 is 19.3. The van der Waals surface area contributed by atoms with Gasteiger partial charge in [0.05, 0.1) is 18.7 Å². The van der Waals surface area contributed by atoms with Gasteiger partial charge in [0, 0.05) is 38.3 Å². The highest BCUT2D eigenvalue weighted by atomic mass is 19.1. The smallest absolute Gasteiger partial charge is 0.255 e. The van der Waals surface area contributed by atoms with E-state index in [-0.39, 0.29) is 24.2 Å². The van der Waals surface area contributed by atoms with Crippen LogP contribution < -0.4 is 10.1 Å². The summed E-state index contributed by atoms with van der Waals surface area (Å²) in [5.74, 6) is -0.166. The first-order valence-corrected chi connectivity index (χ1v) is 9.82. The molecule has 154 valence electrons. The average molecular weight is 399 g/mol. The van der Waals surface area contributed by atoms with Crippen molar-refractivity contribution >= 4 is 11.8 Å². The number of carbonyl (C=O) groups excluding carboxylic acids is 2. The Morgan fingerprint density at radius 1 is 1.03 bits per heavy atom. The first-order chi connectivity index (χ1) is 14.1. The number of para-hydroxylation sites is 1. The fourth-order valence-electron chi connectivity index (χ4n) is 3.32. The second-order valence-corrected chi connectivity index (χ2v) is 6.86. The van der Waals surface area contributed by atoms with Gasteiger partial charge < -0.3 is 15.0 Å². The topological polar surface area (TPSA) is 61.9 Å². The maximum absolute atomic E-state index is 13.8. The molecule has 6 nitrogen and oxygen atoms in total. The Kier molecular flexibility index (Phi) is 7.19. The van der Waals surface area contributed by atoms with Crippen molar-refractivity contribution < 1.29 is 18.7 Å². The number of piperazine rings is 1. The first-order valence-electron chi connectivity index (χ1n) is 9.82. The molecule has 29 heavy (non-hydrogen) atoms. The van der Waals surface area contributed by atoms with Gasteiger partial charge in [-0.15, -0.1) is 0 Å². The van der Waals surface area contributed by atoms with Gasteiger partial charge in [-0.1, -0.05) is 30.3 Å². The summed E-state index contributed by atoms with van der Waals surface area (Å²) in [4.78, 5) is 28.7. The summed E-state index contributed by atoms with van der Waals surface area (Å²) in [6, 6.07) is 13.7. The van der Waals surface area contributed by atoms with Gasteiger partial charge in [0.1, 0.15) is 11.6 Å². The highest BCUT2D eigenvalue weighted by Crippen LogP contribution is 2.17. The Bertz CT molecular complexity index is 851. The van der Waals surface area contributed by atoms with Crippen molar-refractivity contribution in [3.05, 3.63) is 65.5 Å². The molecule has 2 aromatic carbocycles. The van der Waals surface area contributed by atoms with Crippen molar-refractivity contribution in [3.63, 3.8) is 0 Å². The molecule has 2 aromatic rings. The molecule has 0 aromatic heterocycles. The van der Waals surface area contributed by atoms with Crippen molar-refractivity contribution in [1.82, 2.24) is 15.1 Å². The van der Waals surface area contributed by atoms with E-state index < -0.39 is 0 Å².